The average Bonchev–Trinajstić information content (AvgIpc) is 2.82. The molecule has 5 heteroatoms. The van der Waals surface area contributed by atoms with Crippen molar-refractivity contribution >= 4 is 0 Å². The fourth-order valence-electron chi connectivity index (χ4n) is 3.08. The van der Waals surface area contributed by atoms with E-state index in [1.54, 1.807) is 0 Å². The lowest BCUT2D eigenvalue weighted by Crippen LogP contribution is -2.46. The first-order valence-corrected chi connectivity index (χ1v) is 7.58. The van der Waals surface area contributed by atoms with Crippen LogP contribution < -0.4 is 5.32 Å². The van der Waals surface area contributed by atoms with Gasteiger partial charge in [-0.2, -0.15) is 5.10 Å². The van der Waals surface area contributed by atoms with E-state index in [1.165, 1.54) is 5.56 Å². The SMILES string of the molecule is CCNCC1(CN(C)Cc2cnn(C)c2)CCOCC1. The van der Waals surface area contributed by atoms with Gasteiger partial charge in [0.1, 0.15) is 0 Å². The molecule has 1 aliphatic rings. The number of nitrogens with one attached hydrogen (secondary N) is 1. The molecule has 1 fully saturated rings. The molecule has 2 rings (SSSR count). The van der Waals surface area contributed by atoms with E-state index in [1.807, 2.05) is 17.9 Å². The molecule has 0 bridgehead atoms. The molecule has 0 unspecified atom stereocenters. The summed E-state index contributed by atoms with van der Waals surface area (Å²) in [6, 6.07) is 0. The van der Waals surface area contributed by atoms with Crippen molar-refractivity contribution in [1.82, 2.24) is 20.0 Å². The van der Waals surface area contributed by atoms with E-state index in [0.717, 1.165) is 52.2 Å². The fourth-order valence-corrected chi connectivity index (χ4v) is 3.08. The second-order valence-electron chi connectivity index (χ2n) is 6.09. The molecule has 0 amide bonds. The lowest BCUT2D eigenvalue weighted by atomic mass is 9.79. The summed E-state index contributed by atoms with van der Waals surface area (Å²) in [6.45, 7) is 8.16. The molecule has 5 nitrogen and oxygen atoms in total. The maximum absolute atomic E-state index is 5.55. The first-order valence-electron chi connectivity index (χ1n) is 7.58. The van der Waals surface area contributed by atoms with Gasteiger partial charge in [-0.1, -0.05) is 6.92 Å². The van der Waals surface area contributed by atoms with Gasteiger partial charge in [-0.15, -0.1) is 0 Å². The van der Waals surface area contributed by atoms with Crippen LogP contribution in [0.2, 0.25) is 0 Å². The van der Waals surface area contributed by atoms with Crippen molar-refractivity contribution in [2.45, 2.75) is 26.3 Å². The Bertz CT molecular complexity index is 398. The lowest BCUT2D eigenvalue weighted by molar-refractivity contribution is -0.00139. The molecule has 0 saturated carbocycles. The molecule has 0 atom stereocenters. The van der Waals surface area contributed by atoms with Crippen molar-refractivity contribution in [2.24, 2.45) is 12.5 Å². The maximum Gasteiger partial charge on any atom is 0.0534 e. The van der Waals surface area contributed by atoms with E-state index in [9.17, 15) is 0 Å². The number of rotatable bonds is 7. The smallest absolute Gasteiger partial charge is 0.0534 e. The zero-order valence-corrected chi connectivity index (χ0v) is 13.1. The number of aromatic nitrogens is 2. The van der Waals surface area contributed by atoms with Crippen LogP contribution >= 0.6 is 0 Å². The quantitative estimate of drug-likeness (QED) is 0.816. The van der Waals surface area contributed by atoms with Crippen LogP contribution in [0.5, 0.6) is 0 Å². The van der Waals surface area contributed by atoms with Gasteiger partial charge < -0.3 is 15.0 Å². The van der Waals surface area contributed by atoms with E-state index in [-0.39, 0.29) is 0 Å². The molecule has 1 aromatic heterocycles. The maximum atomic E-state index is 5.55. The number of hydrogen-bond donors (Lipinski definition) is 1. The standard InChI is InChI=1S/C15H28N4O/c1-4-16-12-15(5-7-20-8-6-15)13-18(2)10-14-9-17-19(3)11-14/h9,11,16H,4-8,10,12-13H2,1-3H3. The van der Waals surface area contributed by atoms with Crippen molar-refractivity contribution < 1.29 is 4.74 Å². The van der Waals surface area contributed by atoms with Crippen LogP contribution in [0.4, 0.5) is 0 Å². The molecule has 0 radical (unpaired) electrons. The molecule has 0 spiro atoms. The van der Waals surface area contributed by atoms with Crippen molar-refractivity contribution in [3.8, 4) is 0 Å². The summed E-state index contributed by atoms with van der Waals surface area (Å²) in [7, 11) is 4.17. The molecular formula is C15H28N4O. The van der Waals surface area contributed by atoms with Crippen LogP contribution in [0.15, 0.2) is 12.4 Å². The summed E-state index contributed by atoms with van der Waals surface area (Å²) in [4.78, 5) is 2.42. The second-order valence-corrected chi connectivity index (χ2v) is 6.09. The molecule has 1 aliphatic heterocycles. The predicted molar refractivity (Wildman–Crippen MR) is 80.6 cm³/mol. The molecule has 0 aliphatic carbocycles. The molecule has 114 valence electrons. The lowest BCUT2D eigenvalue weighted by Gasteiger charge is -2.40. The van der Waals surface area contributed by atoms with E-state index in [0.29, 0.717) is 5.41 Å². The zero-order valence-electron chi connectivity index (χ0n) is 13.1. The highest BCUT2D eigenvalue weighted by atomic mass is 16.5. The Morgan fingerprint density at radius 3 is 2.80 bits per heavy atom. The highest BCUT2D eigenvalue weighted by Crippen LogP contribution is 2.31. The Kier molecular flexibility index (Phi) is 5.57. The monoisotopic (exact) mass is 280 g/mol. The van der Waals surface area contributed by atoms with Crippen LogP contribution in [0.25, 0.3) is 0 Å². The van der Waals surface area contributed by atoms with Gasteiger partial charge in [-0.25, -0.2) is 0 Å². The van der Waals surface area contributed by atoms with Gasteiger partial charge in [0.05, 0.1) is 6.20 Å². The molecule has 20 heavy (non-hydrogen) atoms. The highest BCUT2D eigenvalue weighted by molar-refractivity contribution is 5.03. The summed E-state index contributed by atoms with van der Waals surface area (Å²) in [5.74, 6) is 0. The topological polar surface area (TPSA) is 42.3 Å². The van der Waals surface area contributed by atoms with Gasteiger partial charge in [0.25, 0.3) is 0 Å². The first kappa shape index (κ1) is 15.5. The van der Waals surface area contributed by atoms with Gasteiger partial charge in [0.15, 0.2) is 0 Å². The molecular weight excluding hydrogens is 252 g/mol. The van der Waals surface area contributed by atoms with Crippen molar-refractivity contribution in [3.05, 3.63) is 18.0 Å². The van der Waals surface area contributed by atoms with Gasteiger partial charge in [0.2, 0.25) is 0 Å². The molecule has 0 aromatic carbocycles. The Morgan fingerprint density at radius 2 is 2.20 bits per heavy atom. The number of aryl methyl sites for hydroxylation is 1. The Labute approximate surface area is 122 Å². The second kappa shape index (κ2) is 7.20. The van der Waals surface area contributed by atoms with Crippen molar-refractivity contribution in [3.63, 3.8) is 0 Å². The number of nitrogens with zero attached hydrogens (tertiary/aromatic N) is 3. The summed E-state index contributed by atoms with van der Waals surface area (Å²) in [5.41, 5.74) is 1.63. The van der Waals surface area contributed by atoms with Crippen LogP contribution in [-0.2, 0) is 18.3 Å². The molecule has 1 N–H and O–H groups in total. The summed E-state index contributed by atoms with van der Waals surface area (Å²) >= 11 is 0. The van der Waals surface area contributed by atoms with E-state index >= 15 is 0 Å². The Hall–Kier alpha value is -0.910. The molecule has 1 saturated heterocycles. The zero-order chi connectivity index (χ0) is 14.4. The van der Waals surface area contributed by atoms with E-state index in [4.69, 9.17) is 4.74 Å². The van der Waals surface area contributed by atoms with E-state index < -0.39 is 0 Å². The predicted octanol–water partition coefficient (Wildman–Crippen LogP) is 1.26. The summed E-state index contributed by atoms with van der Waals surface area (Å²) in [6.07, 6.45) is 6.35. The van der Waals surface area contributed by atoms with E-state index in [2.05, 4.69) is 35.5 Å². The van der Waals surface area contributed by atoms with Gasteiger partial charge in [-0.3, -0.25) is 4.68 Å². The third-order valence-corrected chi connectivity index (χ3v) is 4.12. The minimum absolute atomic E-state index is 0.352. The highest BCUT2D eigenvalue weighted by Gasteiger charge is 2.33. The molecule has 1 aromatic rings. The molecule has 2 heterocycles. The summed E-state index contributed by atoms with van der Waals surface area (Å²) in [5, 5.41) is 7.77. The van der Waals surface area contributed by atoms with Crippen LogP contribution in [0.1, 0.15) is 25.3 Å². The largest absolute Gasteiger partial charge is 0.381 e. The minimum atomic E-state index is 0.352. The van der Waals surface area contributed by atoms with Crippen LogP contribution in [0.3, 0.4) is 0 Å². The number of hydrogen-bond acceptors (Lipinski definition) is 4. The third kappa shape index (κ3) is 4.30. The third-order valence-electron chi connectivity index (χ3n) is 4.12. The van der Waals surface area contributed by atoms with Gasteiger partial charge in [-0.05, 0) is 31.8 Å². The normalized spacial score (nSPS) is 18.6. The van der Waals surface area contributed by atoms with Crippen molar-refractivity contribution in [2.75, 3.05) is 39.9 Å². The average molecular weight is 280 g/mol. The van der Waals surface area contributed by atoms with Crippen LogP contribution in [-0.4, -0.2) is 54.6 Å². The summed E-state index contributed by atoms with van der Waals surface area (Å²) < 4.78 is 7.42. The first-order chi connectivity index (χ1) is 9.63. The van der Waals surface area contributed by atoms with Gasteiger partial charge in [0, 0.05) is 51.7 Å². The van der Waals surface area contributed by atoms with Gasteiger partial charge >= 0.3 is 0 Å². The Balaban J connectivity index is 1.92. The van der Waals surface area contributed by atoms with Crippen LogP contribution in [0, 0.1) is 5.41 Å². The minimum Gasteiger partial charge on any atom is -0.381 e. The van der Waals surface area contributed by atoms with Crippen molar-refractivity contribution in [1.29, 1.82) is 0 Å². The fraction of sp³-hybridized carbons (Fsp3) is 0.800. The number of ether oxygens (including phenoxy) is 1. The Morgan fingerprint density at radius 1 is 1.45 bits per heavy atom.